The van der Waals surface area contributed by atoms with Crippen molar-refractivity contribution in [1.82, 2.24) is 10.2 Å². The fraction of sp³-hybridized carbons (Fsp3) is 0.857. The third kappa shape index (κ3) is 3.55. The van der Waals surface area contributed by atoms with E-state index < -0.39 is 0 Å². The SMILES string of the molecule is CCC(=O)CCCN1CCC2NC(=O)CCC2C1. The van der Waals surface area contributed by atoms with Crippen LogP contribution in [0.25, 0.3) is 0 Å². The molecule has 0 saturated carbocycles. The summed E-state index contributed by atoms with van der Waals surface area (Å²) in [5.41, 5.74) is 0. The van der Waals surface area contributed by atoms with Crippen molar-refractivity contribution in [3.05, 3.63) is 0 Å². The quantitative estimate of drug-likeness (QED) is 0.803. The second-order valence-corrected chi connectivity index (χ2v) is 5.56. The van der Waals surface area contributed by atoms with Crippen LogP contribution in [0.3, 0.4) is 0 Å². The molecule has 1 amide bonds. The average molecular weight is 252 g/mol. The normalized spacial score (nSPS) is 28.6. The molecule has 0 aromatic rings. The maximum atomic E-state index is 11.3. The zero-order chi connectivity index (χ0) is 13.0. The highest BCUT2D eigenvalue weighted by Gasteiger charge is 2.33. The Kier molecular flexibility index (Phi) is 4.75. The van der Waals surface area contributed by atoms with E-state index >= 15 is 0 Å². The predicted octanol–water partition coefficient (Wildman–Crippen LogP) is 1.35. The van der Waals surface area contributed by atoms with Crippen LogP contribution in [0.4, 0.5) is 0 Å². The van der Waals surface area contributed by atoms with E-state index in [4.69, 9.17) is 0 Å². The number of carbonyl (C=O) groups excluding carboxylic acids is 2. The van der Waals surface area contributed by atoms with E-state index in [9.17, 15) is 9.59 Å². The van der Waals surface area contributed by atoms with Crippen LogP contribution in [0.5, 0.6) is 0 Å². The molecule has 0 aromatic carbocycles. The molecular weight excluding hydrogens is 228 g/mol. The standard InChI is InChI=1S/C14H24N2O2/c1-2-12(17)4-3-8-16-9-7-13-11(10-16)5-6-14(18)15-13/h11,13H,2-10H2,1H3,(H,15,18). The van der Waals surface area contributed by atoms with Crippen molar-refractivity contribution in [2.24, 2.45) is 5.92 Å². The smallest absolute Gasteiger partial charge is 0.220 e. The Balaban J connectivity index is 1.70. The Morgan fingerprint density at radius 3 is 3.06 bits per heavy atom. The summed E-state index contributed by atoms with van der Waals surface area (Å²) >= 11 is 0. The highest BCUT2D eigenvalue weighted by Crippen LogP contribution is 2.25. The predicted molar refractivity (Wildman–Crippen MR) is 70.2 cm³/mol. The molecule has 2 saturated heterocycles. The molecule has 0 aromatic heterocycles. The maximum Gasteiger partial charge on any atom is 0.220 e. The van der Waals surface area contributed by atoms with Gasteiger partial charge in [0, 0.05) is 38.4 Å². The van der Waals surface area contributed by atoms with E-state index in [0.717, 1.165) is 45.3 Å². The number of carbonyl (C=O) groups is 2. The van der Waals surface area contributed by atoms with Gasteiger partial charge in [0.2, 0.25) is 5.91 Å². The van der Waals surface area contributed by atoms with Crippen LogP contribution >= 0.6 is 0 Å². The van der Waals surface area contributed by atoms with Gasteiger partial charge in [-0.3, -0.25) is 9.59 Å². The number of amides is 1. The Hall–Kier alpha value is -0.900. The van der Waals surface area contributed by atoms with Crippen LogP contribution in [0, 0.1) is 5.92 Å². The summed E-state index contributed by atoms with van der Waals surface area (Å²) in [6, 6.07) is 0.403. The Labute approximate surface area is 109 Å². The molecule has 4 nitrogen and oxygen atoms in total. The van der Waals surface area contributed by atoms with Crippen molar-refractivity contribution in [1.29, 1.82) is 0 Å². The molecule has 0 aliphatic carbocycles. The molecular formula is C14H24N2O2. The molecule has 2 aliphatic heterocycles. The van der Waals surface area contributed by atoms with Gasteiger partial charge in [-0.2, -0.15) is 0 Å². The molecule has 0 radical (unpaired) electrons. The number of likely N-dealkylation sites (tertiary alicyclic amines) is 1. The highest BCUT2D eigenvalue weighted by atomic mass is 16.1. The van der Waals surface area contributed by atoms with Crippen LogP contribution in [0.15, 0.2) is 0 Å². The summed E-state index contributed by atoms with van der Waals surface area (Å²) in [5.74, 6) is 1.21. The van der Waals surface area contributed by atoms with E-state index in [2.05, 4.69) is 10.2 Å². The fourth-order valence-electron chi connectivity index (χ4n) is 3.07. The van der Waals surface area contributed by atoms with Crippen LogP contribution in [-0.2, 0) is 9.59 Å². The summed E-state index contributed by atoms with van der Waals surface area (Å²) < 4.78 is 0. The Bertz CT molecular complexity index is 317. The molecule has 2 fully saturated rings. The number of ketones is 1. The number of nitrogens with one attached hydrogen (secondary N) is 1. The number of nitrogens with zero attached hydrogens (tertiary/aromatic N) is 1. The summed E-state index contributed by atoms with van der Waals surface area (Å²) in [6.45, 7) is 5.11. The van der Waals surface area contributed by atoms with Crippen molar-refractivity contribution in [2.45, 2.75) is 51.5 Å². The minimum absolute atomic E-state index is 0.221. The van der Waals surface area contributed by atoms with Gasteiger partial charge in [-0.15, -0.1) is 0 Å². The van der Waals surface area contributed by atoms with Crippen molar-refractivity contribution in [3.63, 3.8) is 0 Å². The summed E-state index contributed by atoms with van der Waals surface area (Å²) in [7, 11) is 0. The van der Waals surface area contributed by atoms with E-state index in [-0.39, 0.29) is 5.91 Å². The lowest BCUT2D eigenvalue weighted by atomic mass is 9.85. The van der Waals surface area contributed by atoms with Crippen molar-refractivity contribution in [2.75, 3.05) is 19.6 Å². The van der Waals surface area contributed by atoms with Crippen LogP contribution in [-0.4, -0.2) is 42.3 Å². The highest BCUT2D eigenvalue weighted by molar-refractivity contribution is 5.78. The van der Waals surface area contributed by atoms with E-state index in [1.54, 1.807) is 0 Å². The molecule has 2 atom stereocenters. The van der Waals surface area contributed by atoms with Gasteiger partial charge in [0.15, 0.2) is 0 Å². The van der Waals surface area contributed by atoms with Crippen LogP contribution in [0.2, 0.25) is 0 Å². The van der Waals surface area contributed by atoms with Gasteiger partial charge in [-0.1, -0.05) is 6.92 Å². The molecule has 2 heterocycles. The minimum Gasteiger partial charge on any atom is -0.353 e. The summed E-state index contributed by atoms with van der Waals surface area (Å²) in [6.07, 6.45) is 5.15. The van der Waals surface area contributed by atoms with Gasteiger partial charge in [0.25, 0.3) is 0 Å². The molecule has 0 bridgehead atoms. The van der Waals surface area contributed by atoms with Gasteiger partial charge in [-0.05, 0) is 31.7 Å². The van der Waals surface area contributed by atoms with Gasteiger partial charge >= 0.3 is 0 Å². The first kappa shape index (κ1) is 13.5. The largest absolute Gasteiger partial charge is 0.353 e. The number of rotatable bonds is 5. The monoisotopic (exact) mass is 252 g/mol. The second-order valence-electron chi connectivity index (χ2n) is 5.56. The first-order valence-electron chi connectivity index (χ1n) is 7.22. The lowest BCUT2D eigenvalue weighted by molar-refractivity contribution is -0.125. The number of hydrogen-bond acceptors (Lipinski definition) is 3. The van der Waals surface area contributed by atoms with Crippen molar-refractivity contribution >= 4 is 11.7 Å². The van der Waals surface area contributed by atoms with Gasteiger partial charge in [-0.25, -0.2) is 0 Å². The number of piperidine rings is 2. The van der Waals surface area contributed by atoms with E-state index in [1.165, 1.54) is 0 Å². The molecule has 1 N–H and O–H groups in total. The van der Waals surface area contributed by atoms with Gasteiger partial charge in [0.05, 0.1) is 0 Å². The Morgan fingerprint density at radius 2 is 2.28 bits per heavy atom. The average Bonchev–Trinajstić information content (AvgIpc) is 2.38. The third-order valence-corrected chi connectivity index (χ3v) is 4.23. The third-order valence-electron chi connectivity index (χ3n) is 4.23. The molecule has 0 spiro atoms. The van der Waals surface area contributed by atoms with E-state index in [0.29, 0.717) is 30.6 Å². The van der Waals surface area contributed by atoms with Crippen LogP contribution in [0.1, 0.15) is 45.4 Å². The number of Topliss-reactive ketones (excluding diaryl/α,β-unsaturated/α-hetero) is 1. The second kappa shape index (κ2) is 6.32. The van der Waals surface area contributed by atoms with Crippen molar-refractivity contribution in [3.8, 4) is 0 Å². The van der Waals surface area contributed by atoms with E-state index in [1.807, 2.05) is 6.92 Å². The van der Waals surface area contributed by atoms with Gasteiger partial charge in [0.1, 0.15) is 5.78 Å². The maximum absolute atomic E-state index is 11.3. The number of hydrogen-bond donors (Lipinski definition) is 1. The van der Waals surface area contributed by atoms with Crippen molar-refractivity contribution < 1.29 is 9.59 Å². The molecule has 2 aliphatic rings. The zero-order valence-electron chi connectivity index (χ0n) is 11.3. The Morgan fingerprint density at radius 1 is 1.44 bits per heavy atom. The van der Waals surface area contributed by atoms with Gasteiger partial charge < -0.3 is 10.2 Å². The first-order valence-corrected chi connectivity index (χ1v) is 7.22. The molecule has 2 rings (SSSR count). The van der Waals surface area contributed by atoms with Crippen LogP contribution < -0.4 is 5.32 Å². The molecule has 18 heavy (non-hydrogen) atoms. The summed E-state index contributed by atoms with van der Waals surface area (Å²) in [4.78, 5) is 25.0. The lowest BCUT2D eigenvalue weighted by Gasteiger charge is -2.41. The minimum atomic E-state index is 0.221. The number of fused-ring (bicyclic) bond motifs is 1. The summed E-state index contributed by atoms with van der Waals surface area (Å²) in [5, 5.41) is 3.10. The topological polar surface area (TPSA) is 49.4 Å². The zero-order valence-corrected chi connectivity index (χ0v) is 11.3. The first-order chi connectivity index (χ1) is 8.69. The molecule has 102 valence electrons. The molecule has 4 heteroatoms. The fourth-order valence-corrected chi connectivity index (χ4v) is 3.07. The molecule has 2 unspecified atom stereocenters. The lowest BCUT2D eigenvalue weighted by Crippen LogP contribution is -2.54.